The van der Waals surface area contributed by atoms with Crippen molar-refractivity contribution in [2.75, 3.05) is 38.7 Å². The summed E-state index contributed by atoms with van der Waals surface area (Å²) in [7, 11) is 4.08. The lowest BCUT2D eigenvalue weighted by Crippen LogP contribution is -2.36. The Labute approximate surface area is 176 Å². The number of ether oxygens (including phenoxy) is 1. The molecule has 6 heteroatoms. The number of aryl methyl sites for hydroxylation is 3. The number of carbonyl (C=O) groups is 1. The number of hydrogen-bond donors (Lipinski definition) is 0. The first-order chi connectivity index (χ1) is 13.9. The van der Waals surface area contributed by atoms with E-state index in [2.05, 4.69) is 30.9 Å². The van der Waals surface area contributed by atoms with Crippen LogP contribution in [0.5, 0.6) is 5.75 Å². The van der Waals surface area contributed by atoms with E-state index in [1.807, 2.05) is 45.3 Å². The third kappa shape index (κ3) is 5.14. The molecule has 0 radical (unpaired) electrons. The Balaban J connectivity index is 1.84. The standard InChI is InChI=1S/C23H29N3O2S/c1-16-9-6-7-10-19(16)28-15-20(27)26(14-8-13-25(4)5)23-24-21-17(2)11-12-18(3)22(21)29-23/h6-7,9-12H,8,13-15H2,1-5H3. The van der Waals surface area contributed by atoms with E-state index >= 15 is 0 Å². The fourth-order valence-electron chi connectivity index (χ4n) is 3.17. The highest BCUT2D eigenvalue weighted by Gasteiger charge is 2.21. The van der Waals surface area contributed by atoms with Gasteiger partial charge in [0, 0.05) is 6.54 Å². The Bertz CT molecular complexity index is 958. The second kappa shape index (κ2) is 9.37. The average molecular weight is 412 g/mol. The van der Waals surface area contributed by atoms with Crippen LogP contribution in [0.2, 0.25) is 0 Å². The summed E-state index contributed by atoms with van der Waals surface area (Å²) in [6, 6.07) is 11.9. The van der Waals surface area contributed by atoms with E-state index in [1.165, 1.54) is 5.56 Å². The van der Waals surface area contributed by atoms with Crippen molar-refractivity contribution in [2.24, 2.45) is 0 Å². The molecule has 2 aromatic carbocycles. The Morgan fingerprint density at radius 1 is 1.00 bits per heavy atom. The number of amides is 1. The Kier molecular flexibility index (Phi) is 6.87. The van der Waals surface area contributed by atoms with Gasteiger partial charge in [0.15, 0.2) is 11.7 Å². The van der Waals surface area contributed by atoms with Crippen LogP contribution < -0.4 is 9.64 Å². The van der Waals surface area contributed by atoms with Gasteiger partial charge >= 0.3 is 0 Å². The Morgan fingerprint density at radius 2 is 1.72 bits per heavy atom. The first-order valence-electron chi connectivity index (χ1n) is 9.87. The number of hydrogen-bond acceptors (Lipinski definition) is 5. The summed E-state index contributed by atoms with van der Waals surface area (Å²) in [6.07, 6.45) is 0.872. The number of aromatic nitrogens is 1. The van der Waals surface area contributed by atoms with Crippen molar-refractivity contribution >= 4 is 32.6 Å². The maximum absolute atomic E-state index is 13.1. The molecule has 0 atom stereocenters. The SMILES string of the molecule is Cc1ccccc1OCC(=O)N(CCCN(C)C)c1nc2c(C)ccc(C)c2s1. The summed E-state index contributed by atoms with van der Waals surface area (Å²) in [5.74, 6) is 0.673. The molecule has 5 nitrogen and oxygen atoms in total. The molecular formula is C23H29N3O2S. The van der Waals surface area contributed by atoms with Gasteiger partial charge in [-0.2, -0.15) is 0 Å². The average Bonchev–Trinajstić information content (AvgIpc) is 3.13. The summed E-state index contributed by atoms with van der Waals surface area (Å²) >= 11 is 1.58. The molecule has 0 spiro atoms. The van der Waals surface area contributed by atoms with Gasteiger partial charge in [-0.1, -0.05) is 41.7 Å². The van der Waals surface area contributed by atoms with Gasteiger partial charge < -0.3 is 9.64 Å². The Morgan fingerprint density at radius 3 is 2.41 bits per heavy atom. The normalized spacial score (nSPS) is 11.2. The topological polar surface area (TPSA) is 45.7 Å². The molecule has 0 aliphatic heterocycles. The van der Waals surface area contributed by atoms with Crippen LogP contribution in [0.3, 0.4) is 0 Å². The van der Waals surface area contributed by atoms with Crippen LogP contribution in [0.25, 0.3) is 10.2 Å². The summed E-state index contributed by atoms with van der Waals surface area (Å²) in [4.78, 5) is 21.8. The van der Waals surface area contributed by atoms with Crippen molar-refractivity contribution in [2.45, 2.75) is 27.2 Å². The van der Waals surface area contributed by atoms with Gasteiger partial charge in [0.2, 0.25) is 0 Å². The smallest absolute Gasteiger partial charge is 0.266 e. The number of fused-ring (bicyclic) bond motifs is 1. The van der Waals surface area contributed by atoms with E-state index in [4.69, 9.17) is 9.72 Å². The van der Waals surface area contributed by atoms with Gasteiger partial charge in [-0.3, -0.25) is 9.69 Å². The highest BCUT2D eigenvalue weighted by molar-refractivity contribution is 7.22. The summed E-state index contributed by atoms with van der Waals surface area (Å²) in [5.41, 5.74) is 4.32. The van der Waals surface area contributed by atoms with Crippen LogP contribution >= 0.6 is 11.3 Å². The molecule has 0 bridgehead atoms. The predicted octanol–water partition coefficient (Wildman–Crippen LogP) is 4.59. The molecule has 154 valence electrons. The maximum Gasteiger partial charge on any atom is 0.266 e. The lowest BCUT2D eigenvalue weighted by Gasteiger charge is -2.21. The van der Waals surface area contributed by atoms with Crippen molar-refractivity contribution < 1.29 is 9.53 Å². The molecule has 3 aromatic rings. The number of thiazole rings is 1. The monoisotopic (exact) mass is 411 g/mol. The predicted molar refractivity (Wildman–Crippen MR) is 121 cm³/mol. The zero-order valence-electron chi connectivity index (χ0n) is 17.9. The molecule has 3 rings (SSSR count). The van der Waals surface area contributed by atoms with E-state index in [0.717, 1.165) is 45.2 Å². The summed E-state index contributed by atoms with van der Waals surface area (Å²) in [6.45, 7) is 7.65. The van der Waals surface area contributed by atoms with Crippen LogP contribution in [0.1, 0.15) is 23.1 Å². The zero-order chi connectivity index (χ0) is 21.0. The van der Waals surface area contributed by atoms with Crippen molar-refractivity contribution in [1.29, 1.82) is 0 Å². The minimum Gasteiger partial charge on any atom is -0.483 e. The van der Waals surface area contributed by atoms with E-state index in [1.54, 1.807) is 16.2 Å². The number of benzene rings is 2. The number of para-hydroxylation sites is 1. The van der Waals surface area contributed by atoms with Gasteiger partial charge in [-0.15, -0.1) is 0 Å². The first kappa shape index (κ1) is 21.3. The number of rotatable bonds is 8. The lowest BCUT2D eigenvalue weighted by atomic mass is 10.1. The Hall–Kier alpha value is -2.44. The highest BCUT2D eigenvalue weighted by atomic mass is 32.1. The van der Waals surface area contributed by atoms with Gasteiger partial charge in [0.05, 0.1) is 10.2 Å². The van der Waals surface area contributed by atoms with Gasteiger partial charge in [0.25, 0.3) is 5.91 Å². The first-order valence-corrected chi connectivity index (χ1v) is 10.7. The number of anilines is 1. The third-order valence-electron chi connectivity index (χ3n) is 4.89. The van der Waals surface area contributed by atoms with Crippen LogP contribution in [-0.2, 0) is 4.79 Å². The van der Waals surface area contributed by atoms with Crippen molar-refractivity contribution in [3.8, 4) is 5.75 Å². The van der Waals surface area contributed by atoms with Crippen LogP contribution in [-0.4, -0.2) is 49.6 Å². The van der Waals surface area contributed by atoms with Crippen molar-refractivity contribution in [3.05, 3.63) is 53.1 Å². The maximum atomic E-state index is 13.1. The number of carbonyl (C=O) groups excluding carboxylic acids is 1. The fourth-order valence-corrected chi connectivity index (χ4v) is 4.33. The summed E-state index contributed by atoms with van der Waals surface area (Å²) in [5, 5.41) is 0.745. The largest absolute Gasteiger partial charge is 0.483 e. The van der Waals surface area contributed by atoms with Gasteiger partial charge in [-0.25, -0.2) is 4.98 Å². The molecule has 0 N–H and O–H groups in total. The highest BCUT2D eigenvalue weighted by Crippen LogP contribution is 2.33. The van der Waals surface area contributed by atoms with E-state index < -0.39 is 0 Å². The molecule has 1 heterocycles. The van der Waals surface area contributed by atoms with Crippen LogP contribution in [0.4, 0.5) is 5.13 Å². The van der Waals surface area contributed by atoms with Crippen LogP contribution in [0, 0.1) is 20.8 Å². The second-order valence-electron chi connectivity index (χ2n) is 7.63. The van der Waals surface area contributed by atoms with E-state index in [0.29, 0.717) is 6.54 Å². The molecule has 0 aliphatic rings. The molecule has 0 fully saturated rings. The lowest BCUT2D eigenvalue weighted by molar-refractivity contribution is -0.120. The van der Waals surface area contributed by atoms with E-state index in [-0.39, 0.29) is 12.5 Å². The zero-order valence-corrected chi connectivity index (χ0v) is 18.7. The van der Waals surface area contributed by atoms with Gasteiger partial charge in [0.1, 0.15) is 5.75 Å². The molecular weight excluding hydrogens is 382 g/mol. The fraction of sp³-hybridized carbons (Fsp3) is 0.391. The molecule has 0 aliphatic carbocycles. The van der Waals surface area contributed by atoms with Crippen molar-refractivity contribution in [1.82, 2.24) is 9.88 Å². The molecule has 1 aromatic heterocycles. The molecule has 0 saturated heterocycles. The third-order valence-corrected chi connectivity index (χ3v) is 6.11. The summed E-state index contributed by atoms with van der Waals surface area (Å²) < 4.78 is 6.97. The molecule has 1 amide bonds. The minimum atomic E-state index is -0.0682. The van der Waals surface area contributed by atoms with Gasteiger partial charge in [-0.05, 0) is 70.6 Å². The van der Waals surface area contributed by atoms with Crippen LogP contribution in [0.15, 0.2) is 36.4 Å². The second-order valence-corrected chi connectivity index (χ2v) is 8.61. The number of nitrogens with zero attached hydrogens (tertiary/aromatic N) is 3. The molecule has 0 saturated carbocycles. The quantitative estimate of drug-likeness (QED) is 0.544. The minimum absolute atomic E-state index is 0.000702. The van der Waals surface area contributed by atoms with E-state index in [9.17, 15) is 4.79 Å². The molecule has 29 heavy (non-hydrogen) atoms. The molecule has 0 unspecified atom stereocenters. The van der Waals surface area contributed by atoms with Crippen molar-refractivity contribution in [3.63, 3.8) is 0 Å².